The van der Waals surface area contributed by atoms with Gasteiger partial charge in [0.2, 0.25) is 0 Å². The van der Waals surface area contributed by atoms with Crippen LogP contribution < -0.4 is 0 Å². The fourth-order valence-electron chi connectivity index (χ4n) is 0.641. The van der Waals surface area contributed by atoms with Gasteiger partial charge in [0.25, 0.3) is 0 Å². The van der Waals surface area contributed by atoms with E-state index >= 15 is 0 Å². The van der Waals surface area contributed by atoms with Crippen LogP contribution in [0.25, 0.3) is 0 Å². The predicted molar refractivity (Wildman–Crippen MR) is 36.6 cm³/mol. The first-order chi connectivity index (χ1) is 4.84. The van der Waals surface area contributed by atoms with Gasteiger partial charge in [0.05, 0.1) is 7.11 Å². The molecule has 0 aliphatic rings. The molecule has 0 atom stereocenters. The summed E-state index contributed by atoms with van der Waals surface area (Å²) < 4.78 is 4.48. The van der Waals surface area contributed by atoms with Crippen LogP contribution in [0.1, 0.15) is 10.4 Å². The molecule has 55 valence electrons. The Hall–Kier alpha value is -0.206. The largest absolute Gasteiger partial charge is 0.467 e. The molecule has 0 aliphatic carbocycles. The normalized spacial score (nSPS) is 8.09. The molecule has 2 nitrogen and oxygen atoms in total. The van der Waals surface area contributed by atoms with Gasteiger partial charge in [-0.3, -0.25) is 0 Å². The Morgan fingerprint density at radius 3 is 2.45 bits per heavy atom. The third-order valence-corrected chi connectivity index (χ3v) is 1.14. The molecule has 0 aliphatic heterocycles. The van der Waals surface area contributed by atoms with Gasteiger partial charge in [-0.15, -0.1) is 0 Å². The number of esters is 1. The van der Waals surface area contributed by atoms with Gasteiger partial charge in [-0.2, -0.15) is 30.3 Å². The topological polar surface area (TPSA) is 26.3 Å². The molecule has 0 aromatic heterocycles. The van der Waals surface area contributed by atoms with Crippen LogP contribution in [0.2, 0.25) is 0 Å². The van der Waals surface area contributed by atoms with Crippen LogP contribution in [0, 0.1) is 6.07 Å². The van der Waals surface area contributed by atoms with E-state index in [1.165, 1.54) is 7.11 Å². The van der Waals surface area contributed by atoms with Gasteiger partial charge in [0.15, 0.2) is 0 Å². The number of ether oxygens (including phenoxy) is 1. The summed E-state index contributed by atoms with van der Waals surface area (Å²) in [5.41, 5.74) is 0.557. The van der Waals surface area contributed by atoms with Crippen molar-refractivity contribution in [2.45, 2.75) is 0 Å². The smallest absolute Gasteiger partial charge is 0.313 e. The molecule has 0 unspecified atom stereocenters. The second-order valence-electron chi connectivity index (χ2n) is 1.78. The maximum atomic E-state index is 10.8. The number of hydrogen-bond acceptors (Lipinski definition) is 2. The van der Waals surface area contributed by atoms with Crippen LogP contribution in [0.15, 0.2) is 24.3 Å². The molecule has 0 heterocycles. The van der Waals surface area contributed by atoms with Crippen LogP contribution in [0.4, 0.5) is 0 Å². The Kier molecular flexibility index (Phi) is 5.34. The van der Waals surface area contributed by atoms with E-state index in [0.29, 0.717) is 5.56 Å². The zero-order chi connectivity index (χ0) is 7.40. The quantitative estimate of drug-likeness (QED) is 0.530. The van der Waals surface area contributed by atoms with Crippen molar-refractivity contribution in [1.82, 2.24) is 0 Å². The number of benzene rings is 1. The van der Waals surface area contributed by atoms with E-state index in [2.05, 4.69) is 10.8 Å². The molecule has 3 heteroatoms. The molecule has 0 fully saturated rings. The zero-order valence-electron chi connectivity index (χ0n) is 6.20. The van der Waals surface area contributed by atoms with Crippen LogP contribution >= 0.6 is 0 Å². The summed E-state index contributed by atoms with van der Waals surface area (Å²) in [6, 6.07) is 9.47. The van der Waals surface area contributed by atoms with Gasteiger partial charge in [-0.05, 0) is 5.56 Å². The minimum absolute atomic E-state index is 0. The Labute approximate surface area is 90.8 Å². The van der Waals surface area contributed by atoms with Crippen molar-refractivity contribution in [3.05, 3.63) is 35.9 Å². The van der Waals surface area contributed by atoms with Gasteiger partial charge in [-0.25, -0.2) is 4.79 Å². The van der Waals surface area contributed by atoms with Crippen LogP contribution in [0.5, 0.6) is 0 Å². The second kappa shape index (κ2) is 5.45. The summed E-state index contributed by atoms with van der Waals surface area (Å²) in [6.07, 6.45) is 0. The Morgan fingerprint density at radius 2 is 2.00 bits per heavy atom. The third-order valence-electron chi connectivity index (χ3n) is 1.14. The van der Waals surface area contributed by atoms with Crippen molar-refractivity contribution in [3.63, 3.8) is 0 Å². The van der Waals surface area contributed by atoms with Crippen LogP contribution in [-0.4, -0.2) is 13.1 Å². The summed E-state index contributed by atoms with van der Waals surface area (Å²) in [6.45, 7) is 0. The maximum absolute atomic E-state index is 10.8. The van der Waals surface area contributed by atoms with E-state index in [4.69, 9.17) is 0 Å². The molecule has 1 aromatic rings. The minimum Gasteiger partial charge on any atom is -0.467 e. The van der Waals surface area contributed by atoms with Gasteiger partial charge in [0.1, 0.15) is 0 Å². The SMILES string of the molecule is COC(=O)c1cc[c-]cc1.[Y]. The van der Waals surface area contributed by atoms with Crippen molar-refractivity contribution < 1.29 is 42.2 Å². The molecule has 0 saturated heterocycles. The van der Waals surface area contributed by atoms with Crippen molar-refractivity contribution >= 4 is 5.97 Å². The molecule has 0 N–H and O–H groups in total. The monoisotopic (exact) mass is 224 g/mol. The van der Waals surface area contributed by atoms with Gasteiger partial charge in [-0.1, -0.05) is 0 Å². The molecule has 0 saturated carbocycles. The second-order valence-corrected chi connectivity index (χ2v) is 1.78. The number of carbonyl (C=O) groups is 1. The number of carbonyl (C=O) groups excluding carboxylic acids is 1. The Balaban J connectivity index is 0.000001000. The number of rotatable bonds is 1. The molecule has 11 heavy (non-hydrogen) atoms. The van der Waals surface area contributed by atoms with Crippen molar-refractivity contribution in [2.24, 2.45) is 0 Å². The fourth-order valence-corrected chi connectivity index (χ4v) is 0.641. The standard InChI is InChI=1S/C8H7O2.Y/c1-10-8(9)7-5-3-2-4-6-7;/h3-6H,1H3;/q-1;. The van der Waals surface area contributed by atoms with Gasteiger partial charge < -0.3 is 4.74 Å². The first-order valence-corrected chi connectivity index (χ1v) is 2.89. The zero-order valence-corrected chi connectivity index (χ0v) is 9.04. The molecule has 1 rings (SSSR count). The Morgan fingerprint density at radius 1 is 1.45 bits per heavy atom. The average molecular weight is 224 g/mol. The Bertz CT molecular complexity index is 221. The molecule has 0 amide bonds. The summed E-state index contributed by atoms with van der Waals surface area (Å²) >= 11 is 0. The van der Waals surface area contributed by atoms with E-state index in [1.54, 1.807) is 24.3 Å². The van der Waals surface area contributed by atoms with E-state index < -0.39 is 0 Å². The average Bonchev–Trinajstić information content (AvgIpc) is 2.05. The van der Waals surface area contributed by atoms with E-state index in [0.717, 1.165) is 0 Å². The first kappa shape index (κ1) is 10.8. The summed E-state index contributed by atoms with van der Waals surface area (Å²) in [7, 11) is 1.36. The fraction of sp³-hybridized carbons (Fsp3) is 0.125. The first-order valence-electron chi connectivity index (χ1n) is 2.89. The van der Waals surface area contributed by atoms with Crippen LogP contribution in [-0.2, 0) is 37.4 Å². The number of methoxy groups -OCH3 is 1. The molecule has 1 aromatic carbocycles. The van der Waals surface area contributed by atoms with Crippen LogP contribution in [0.3, 0.4) is 0 Å². The molecule has 0 spiro atoms. The maximum Gasteiger partial charge on any atom is 0.313 e. The van der Waals surface area contributed by atoms with E-state index in [9.17, 15) is 4.79 Å². The third kappa shape index (κ3) is 3.13. The van der Waals surface area contributed by atoms with Crippen molar-refractivity contribution in [2.75, 3.05) is 7.11 Å². The van der Waals surface area contributed by atoms with Crippen molar-refractivity contribution in [3.8, 4) is 0 Å². The molecule has 0 bridgehead atoms. The summed E-state index contributed by atoms with van der Waals surface area (Å²) in [4.78, 5) is 10.8. The molecule has 1 radical (unpaired) electrons. The van der Waals surface area contributed by atoms with Gasteiger partial charge in [0, 0.05) is 32.7 Å². The van der Waals surface area contributed by atoms with E-state index in [1.807, 2.05) is 0 Å². The van der Waals surface area contributed by atoms with Crippen molar-refractivity contribution in [1.29, 1.82) is 0 Å². The summed E-state index contributed by atoms with van der Waals surface area (Å²) in [5.74, 6) is -0.311. The predicted octanol–water partition coefficient (Wildman–Crippen LogP) is 1.27. The summed E-state index contributed by atoms with van der Waals surface area (Å²) in [5, 5.41) is 0. The molecular formula is C8H7O2Y-. The van der Waals surface area contributed by atoms with E-state index in [-0.39, 0.29) is 38.7 Å². The minimum atomic E-state index is -0.311. The molecular weight excluding hydrogens is 217 g/mol. The number of hydrogen-bond donors (Lipinski definition) is 0. The van der Waals surface area contributed by atoms with Gasteiger partial charge >= 0.3 is 5.97 Å².